The number of esters is 2. The number of hydrogen-bond acceptors (Lipinski definition) is 6. The molecular weight excluding hydrogens is 336 g/mol. The van der Waals surface area contributed by atoms with Gasteiger partial charge in [0.15, 0.2) is 4.91 Å². The quantitative estimate of drug-likeness (QED) is 0.381. The smallest absolute Gasteiger partial charge is 0.357 e. The fraction of sp³-hybridized carbons (Fsp3) is 0. The highest BCUT2D eigenvalue weighted by molar-refractivity contribution is 7.90. The maximum Gasteiger partial charge on any atom is 0.357 e. The summed E-state index contributed by atoms with van der Waals surface area (Å²) >= 11 is 0. The van der Waals surface area contributed by atoms with E-state index in [-0.39, 0.29) is 11.5 Å². The average molecular weight is 348 g/mol. The third kappa shape index (κ3) is 5.04. The van der Waals surface area contributed by atoms with Crippen molar-refractivity contribution in [3.05, 3.63) is 71.6 Å². The van der Waals surface area contributed by atoms with Crippen LogP contribution in [-0.4, -0.2) is 24.9 Å². The molecule has 0 aromatic heterocycles. The number of benzene rings is 2. The van der Waals surface area contributed by atoms with Gasteiger partial charge in [-0.05, 0) is 24.3 Å². The van der Waals surface area contributed by atoms with E-state index in [1.165, 1.54) is 24.3 Å². The Morgan fingerprint density at radius 2 is 1.29 bits per heavy atom. The molecule has 2 aromatic carbocycles. The Morgan fingerprint density at radius 1 is 0.833 bits per heavy atom. The number of carbonyl (C=O) groups excluding carboxylic acids is 2. The zero-order valence-electron chi connectivity index (χ0n) is 12.2. The van der Waals surface area contributed by atoms with E-state index < -0.39 is 27.0 Å². The van der Waals surface area contributed by atoms with E-state index in [1.54, 1.807) is 36.4 Å². The summed E-state index contributed by atoms with van der Waals surface area (Å²) in [7, 11) is -4.99. The van der Waals surface area contributed by atoms with Crippen LogP contribution in [0.5, 0.6) is 11.5 Å². The van der Waals surface area contributed by atoms with Crippen LogP contribution in [-0.2, 0) is 19.7 Å². The first kappa shape index (κ1) is 17.4. The van der Waals surface area contributed by atoms with Gasteiger partial charge >= 0.3 is 22.1 Å². The zero-order chi connectivity index (χ0) is 17.6. The molecule has 0 bridgehead atoms. The molecule has 0 amide bonds. The summed E-state index contributed by atoms with van der Waals surface area (Å²) in [6.07, 6.45) is 0.355. The van der Waals surface area contributed by atoms with E-state index in [9.17, 15) is 18.0 Å². The fourth-order valence-corrected chi connectivity index (χ4v) is 2.12. The van der Waals surface area contributed by atoms with Gasteiger partial charge in [-0.15, -0.1) is 0 Å². The Kier molecular flexibility index (Phi) is 5.46. The van der Waals surface area contributed by atoms with Crippen molar-refractivity contribution in [2.75, 3.05) is 0 Å². The van der Waals surface area contributed by atoms with Gasteiger partial charge in [-0.3, -0.25) is 4.55 Å². The lowest BCUT2D eigenvalue weighted by molar-refractivity contribution is -0.132. The summed E-state index contributed by atoms with van der Waals surface area (Å²) in [6.45, 7) is 0. The van der Waals surface area contributed by atoms with Crippen LogP contribution in [0.4, 0.5) is 0 Å². The molecule has 0 radical (unpaired) electrons. The van der Waals surface area contributed by atoms with Crippen molar-refractivity contribution in [2.45, 2.75) is 0 Å². The molecule has 0 saturated carbocycles. The maximum atomic E-state index is 11.9. The molecule has 0 fully saturated rings. The van der Waals surface area contributed by atoms with Crippen molar-refractivity contribution in [1.82, 2.24) is 0 Å². The Bertz CT molecular complexity index is 856. The van der Waals surface area contributed by atoms with Crippen LogP contribution in [0, 0.1) is 0 Å². The summed E-state index contributed by atoms with van der Waals surface area (Å²) in [6, 6.07) is 15.4. The molecule has 0 heterocycles. The van der Waals surface area contributed by atoms with E-state index in [2.05, 4.69) is 0 Å². The van der Waals surface area contributed by atoms with Crippen molar-refractivity contribution in [1.29, 1.82) is 0 Å². The summed E-state index contributed by atoms with van der Waals surface area (Å²) < 4.78 is 41.4. The molecule has 0 spiro atoms. The Morgan fingerprint density at radius 3 is 1.75 bits per heavy atom. The second-order valence-electron chi connectivity index (χ2n) is 4.42. The van der Waals surface area contributed by atoms with Gasteiger partial charge in [0.05, 0.1) is 6.08 Å². The van der Waals surface area contributed by atoms with E-state index >= 15 is 0 Å². The molecular formula is C16H12O7S. The minimum absolute atomic E-state index is 0.0495. The van der Waals surface area contributed by atoms with Gasteiger partial charge in [-0.2, -0.15) is 8.42 Å². The molecule has 2 rings (SSSR count). The van der Waals surface area contributed by atoms with Gasteiger partial charge in [0.1, 0.15) is 11.5 Å². The molecule has 124 valence electrons. The lowest BCUT2D eigenvalue weighted by Gasteiger charge is -2.06. The molecule has 0 aliphatic rings. The van der Waals surface area contributed by atoms with Crippen LogP contribution >= 0.6 is 0 Å². The van der Waals surface area contributed by atoms with Gasteiger partial charge < -0.3 is 9.47 Å². The van der Waals surface area contributed by atoms with E-state index in [0.29, 0.717) is 6.08 Å². The third-order valence-corrected chi connectivity index (χ3v) is 3.48. The number of carbonyl (C=O) groups is 2. The molecule has 24 heavy (non-hydrogen) atoms. The molecule has 8 heteroatoms. The summed E-state index contributed by atoms with van der Waals surface area (Å²) in [5, 5.41) is 0. The van der Waals surface area contributed by atoms with Crippen molar-refractivity contribution < 1.29 is 32.0 Å². The topological polar surface area (TPSA) is 107 Å². The first-order valence-corrected chi connectivity index (χ1v) is 8.03. The van der Waals surface area contributed by atoms with Crippen LogP contribution in [0.15, 0.2) is 71.6 Å². The molecule has 0 aliphatic carbocycles. The lowest BCUT2D eigenvalue weighted by Crippen LogP contribution is -2.20. The van der Waals surface area contributed by atoms with E-state index in [4.69, 9.17) is 14.0 Å². The Labute approximate surface area is 137 Å². The van der Waals surface area contributed by atoms with Crippen molar-refractivity contribution in [3.63, 3.8) is 0 Å². The molecule has 1 N–H and O–H groups in total. The Balaban J connectivity index is 2.21. The van der Waals surface area contributed by atoms with Crippen LogP contribution in [0.3, 0.4) is 0 Å². The highest BCUT2D eigenvalue weighted by Gasteiger charge is 2.26. The molecule has 2 aromatic rings. The second kappa shape index (κ2) is 7.53. The van der Waals surface area contributed by atoms with Crippen LogP contribution < -0.4 is 9.47 Å². The van der Waals surface area contributed by atoms with Crippen LogP contribution in [0.1, 0.15) is 0 Å². The molecule has 0 aliphatic heterocycles. The summed E-state index contributed by atoms with van der Waals surface area (Å²) in [5.74, 6) is -2.37. The highest BCUT2D eigenvalue weighted by atomic mass is 32.2. The molecule has 0 unspecified atom stereocenters. The van der Waals surface area contributed by atoms with E-state index in [0.717, 1.165) is 0 Å². The molecule has 0 atom stereocenters. The van der Waals surface area contributed by atoms with Crippen molar-refractivity contribution >= 4 is 22.1 Å². The SMILES string of the molecule is O=C(/C=C(/C(=O)Oc1ccccc1)S(=O)(=O)O)Oc1ccccc1. The number of rotatable bonds is 5. The summed E-state index contributed by atoms with van der Waals surface area (Å²) in [4.78, 5) is 22.4. The number of hydrogen-bond donors (Lipinski definition) is 1. The van der Waals surface area contributed by atoms with Gasteiger partial charge in [0.2, 0.25) is 0 Å². The minimum atomic E-state index is -4.99. The number of para-hydroxylation sites is 2. The normalized spacial score (nSPS) is 11.6. The highest BCUT2D eigenvalue weighted by Crippen LogP contribution is 2.15. The first-order chi connectivity index (χ1) is 11.4. The Hall–Kier alpha value is -2.97. The standard InChI is InChI=1S/C16H12O7S/c17-15(22-12-7-3-1-4-8-12)11-14(24(19,20)21)16(18)23-13-9-5-2-6-10-13/h1-11H,(H,19,20,21)/b14-11-. The molecule has 0 saturated heterocycles. The first-order valence-electron chi connectivity index (χ1n) is 6.59. The third-order valence-electron chi connectivity index (χ3n) is 2.64. The zero-order valence-corrected chi connectivity index (χ0v) is 13.0. The fourth-order valence-electron chi connectivity index (χ4n) is 1.63. The predicted molar refractivity (Wildman–Crippen MR) is 83.8 cm³/mol. The van der Waals surface area contributed by atoms with Crippen LogP contribution in [0.2, 0.25) is 0 Å². The second-order valence-corrected chi connectivity index (χ2v) is 5.81. The largest absolute Gasteiger partial charge is 0.423 e. The van der Waals surface area contributed by atoms with Crippen LogP contribution in [0.25, 0.3) is 0 Å². The van der Waals surface area contributed by atoms with Gasteiger partial charge in [-0.25, -0.2) is 9.59 Å². The monoisotopic (exact) mass is 348 g/mol. The maximum absolute atomic E-state index is 11.9. The average Bonchev–Trinajstić information content (AvgIpc) is 2.53. The van der Waals surface area contributed by atoms with Crippen molar-refractivity contribution in [2.24, 2.45) is 0 Å². The van der Waals surface area contributed by atoms with E-state index in [1.807, 2.05) is 0 Å². The lowest BCUT2D eigenvalue weighted by atomic mass is 10.3. The van der Waals surface area contributed by atoms with Gasteiger partial charge in [0.25, 0.3) is 0 Å². The number of ether oxygens (including phenoxy) is 2. The molecule has 7 nitrogen and oxygen atoms in total. The van der Waals surface area contributed by atoms with Crippen molar-refractivity contribution in [3.8, 4) is 11.5 Å². The minimum Gasteiger partial charge on any atom is -0.423 e. The predicted octanol–water partition coefficient (Wildman–Crippen LogP) is 1.97. The van der Waals surface area contributed by atoms with Gasteiger partial charge in [0, 0.05) is 0 Å². The summed E-state index contributed by atoms with van der Waals surface area (Å²) in [5.41, 5.74) is 0. The van der Waals surface area contributed by atoms with Gasteiger partial charge in [-0.1, -0.05) is 36.4 Å².